The Kier molecular flexibility index (Phi) is 41.5. The molecule has 16 rings (SSSR count). The minimum Gasteiger partial charge on any atom is -0.504 e. The number of phenolic OH excluding ortho intramolecular Hbond substituents is 7. The molecule has 10 aromatic carbocycles. The summed E-state index contributed by atoms with van der Waals surface area (Å²) >= 11 is 0. The van der Waals surface area contributed by atoms with Gasteiger partial charge in [0.2, 0.25) is 28.7 Å². The maximum atomic E-state index is 12.4. The van der Waals surface area contributed by atoms with Gasteiger partial charge in [-0.05, 0) is 17.7 Å². The molecule has 0 amide bonds. The van der Waals surface area contributed by atoms with Gasteiger partial charge < -0.3 is 178 Å². The number of nitro benzene ring substituents is 2. The van der Waals surface area contributed by atoms with Crippen molar-refractivity contribution in [2.24, 2.45) is 0 Å². The molecule has 0 saturated heterocycles. The first-order chi connectivity index (χ1) is 68.0. The third-order valence-corrected chi connectivity index (χ3v) is 19.1. The number of ether oxygens (including phenoxy) is 15. The van der Waals surface area contributed by atoms with Crippen molar-refractivity contribution < 1.29 is 166 Å². The zero-order valence-corrected chi connectivity index (χ0v) is 83.6. The topological polar surface area (TPSA) is 830 Å². The van der Waals surface area contributed by atoms with Crippen molar-refractivity contribution in [3.8, 4) is 126 Å². The number of aromatic hydroxyl groups is 7. The van der Waals surface area contributed by atoms with E-state index in [-0.39, 0.29) is 193 Å². The van der Waals surface area contributed by atoms with Gasteiger partial charge in [0.15, 0.2) is 97.7 Å². The number of esters is 1. The molecule has 16 aromatic rings. The quantitative estimate of drug-likeness (QED) is 0.00966. The number of hydrogen-bond acceptors (Lipinski definition) is 41. The summed E-state index contributed by atoms with van der Waals surface area (Å²) < 4.78 is 75.7. The van der Waals surface area contributed by atoms with Crippen LogP contribution in [-0.4, -0.2) is 211 Å². The molecular weight excluding hydrogens is 2170 g/mol. The van der Waals surface area contributed by atoms with E-state index in [1.807, 2.05) is 42.5 Å². The van der Waals surface area contributed by atoms with Gasteiger partial charge in [0.1, 0.15) is 22.1 Å². The maximum absolute atomic E-state index is 12.4. The molecular formula is C88H89AcClN16O39. The number of fused-ring (bicyclic) bond motifs is 6. The fourth-order valence-electron chi connectivity index (χ4n) is 12.3. The molecule has 23 N–H and O–H groups in total. The SMILES string of the molecule is COc1cc(N)c(N)cc1OC.COc1cc([N+](=O)[O-])c([N+](=O)[O-])cc1OC.COc1cc2[nH]c(=O)c(=O)[nH]c2c(O)c1OC.COc1cc2[nH]c(=O)c(=O)[nH]c2c(O)c1OC.COc1cc2[nH]c(=O)c(=O)[nH]c2c(OC(=O)Cc2ccccc2)c1OC.COc1cc2[nH]c(=O)c(=O)[nH]c2cc1OC.COc1ccccc1OC.Cl.O=c1[nH]c2cc(O)c(O)c(O)c2[nH]c1=O.O=c1[nH]c2cc(O)c(O)cc2[nH]c1=O.[Ac]. The second-order valence-electron chi connectivity index (χ2n) is 27.8. The van der Waals surface area contributed by atoms with E-state index >= 15 is 0 Å². The second kappa shape index (κ2) is 52.3. The molecule has 55 nitrogen and oxygen atoms in total. The molecule has 6 heterocycles. The van der Waals surface area contributed by atoms with Crippen LogP contribution in [0.2, 0.25) is 0 Å². The fraction of sp³-hybridized carbons (Fsp3) is 0.170. The van der Waals surface area contributed by atoms with Gasteiger partial charge in [-0.2, -0.15) is 0 Å². The van der Waals surface area contributed by atoms with E-state index in [0.29, 0.717) is 45.4 Å². The minimum atomic E-state index is -0.956. The largest absolute Gasteiger partial charge is 0.504 e. The van der Waals surface area contributed by atoms with Gasteiger partial charge in [0.25, 0.3) is 0 Å². The number of H-pyrrole nitrogens is 12. The van der Waals surface area contributed by atoms with E-state index in [0.717, 1.165) is 47.4 Å². The Labute approximate surface area is 848 Å². The maximum Gasteiger partial charge on any atom is 0.350 e. The van der Waals surface area contributed by atoms with E-state index in [1.165, 1.54) is 89.3 Å². The second-order valence-corrected chi connectivity index (χ2v) is 27.8. The number of aromatic nitrogens is 12. The van der Waals surface area contributed by atoms with Crippen LogP contribution in [0.3, 0.4) is 0 Å². The number of benzene rings is 10. The molecule has 0 saturated carbocycles. The number of nitrogens with one attached hydrogen (secondary N) is 12. The molecule has 0 fully saturated rings. The number of nitrogens with zero attached hydrogens (tertiary/aromatic N) is 2. The van der Waals surface area contributed by atoms with Gasteiger partial charge in [0, 0.05) is 105 Å². The minimum absolute atomic E-state index is 0. The Morgan fingerprint density at radius 2 is 0.517 bits per heavy atom. The smallest absolute Gasteiger partial charge is 0.350 e. The number of hydrogen-bond donors (Lipinski definition) is 21. The summed E-state index contributed by atoms with van der Waals surface area (Å²) in [6.45, 7) is 0. The van der Waals surface area contributed by atoms with Crippen LogP contribution < -0.4 is 149 Å². The first kappa shape index (κ1) is 115. The number of para-hydroxylation sites is 2. The summed E-state index contributed by atoms with van der Waals surface area (Å²) in [6.07, 6.45) is 0.0241. The molecule has 0 unspecified atom stereocenters. The molecule has 0 aliphatic carbocycles. The van der Waals surface area contributed by atoms with Crippen LogP contribution in [0.4, 0.5) is 22.7 Å². The molecule has 145 heavy (non-hydrogen) atoms. The van der Waals surface area contributed by atoms with Crippen LogP contribution in [-0.2, 0) is 11.2 Å². The molecule has 0 atom stereocenters. The molecule has 6 aromatic heterocycles. The standard InChI is InChI=1S/C18H16N2O6.2C10H10N2O5.C10H10N2O4.C8H8N2O6.C8H6N2O5.C8H6N2O4.C8H12N2O2.C8H10O2.Ac.ClH/c1-24-12-9-11-14(20-18(23)17(22)19-11)16(15(12)25-2)26-13(21)8-10-6-4-3-5-7-10;2*1-16-5-3-4-6(7(13)8(5)17-2)12-10(15)9(14)11-4;1-15-7-3-5-6(4-8(7)16-2)12-10(14)9(13)11-5;1-15-7-3-5(9(11)12)6(10(13)14)4-8(7)16-2;11-3-1-2-4(6(13)5(3)12)10-8(15)7(14)9-2;11-5-1-3-4(2-6(5)12)10-8(14)7(13)9-3;1-11-7-3-5(9)6(10)4-8(7)12-2;1-9-7-5-3-4-6-8(7)10-2;;/h3-7,9H,8H2,1-2H3,(H,19,22)(H,20,23);2*3,13H,1-2H3,(H,11,14)(H,12,15);3-4H,1-2H3,(H,11,13)(H,12,14);3-4H,1-2H3;1,11-13H,(H,9,14)(H,10,15);1-2,11-12H,(H,9,13)(H,10,14);3-4H,9-10H2,1-2H3;3-6H,1-2H3;;1H. The molecule has 57 heteroatoms. The van der Waals surface area contributed by atoms with E-state index in [1.54, 1.807) is 64.8 Å². The predicted molar refractivity (Wildman–Crippen MR) is 519 cm³/mol. The van der Waals surface area contributed by atoms with Gasteiger partial charge in [-0.15, -0.1) is 12.4 Å². The van der Waals surface area contributed by atoms with Crippen molar-refractivity contribution in [2.45, 2.75) is 6.42 Å². The van der Waals surface area contributed by atoms with Crippen LogP contribution in [0, 0.1) is 64.3 Å². The Morgan fingerprint density at radius 1 is 0.276 bits per heavy atom. The van der Waals surface area contributed by atoms with Gasteiger partial charge in [-0.3, -0.25) is 82.6 Å². The summed E-state index contributed by atoms with van der Waals surface area (Å²) in [5, 5.41) is 86.8. The van der Waals surface area contributed by atoms with Crippen molar-refractivity contribution in [1.82, 2.24) is 59.8 Å². The van der Waals surface area contributed by atoms with Gasteiger partial charge in [-0.1, -0.05) is 42.5 Å². The Hall–Kier alpha value is -18.8. The first-order valence-corrected chi connectivity index (χ1v) is 39.8. The van der Waals surface area contributed by atoms with Crippen LogP contribution in [0.15, 0.2) is 185 Å². The number of carbonyl (C=O) groups is 1. The molecule has 0 bridgehead atoms. The number of carbonyl (C=O) groups excluding carboxylic acids is 1. The Bertz CT molecular complexity index is 7920. The Balaban J connectivity index is 0.000000252. The summed E-state index contributed by atoms with van der Waals surface area (Å²) in [6, 6.07) is 32.6. The van der Waals surface area contributed by atoms with E-state index < -0.39 is 111 Å². The number of nitrogens with two attached hydrogens (primary N) is 2. The van der Waals surface area contributed by atoms with Crippen LogP contribution in [0.1, 0.15) is 5.56 Å². The van der Waals surface area contributed by atoms with Gasteiger partial charge in [0.05, 0.1) is 183 Å². The average molecular weight is 2260 g/mol. The van der Waals surface area contributed by atoms with Crippen LogP contribution in [0.25, 0.3) is 66.2 Å². The van der Waals surface area contributed by atoms with Gasteiger partial charge in [-0.25, -0.2) is 0 Å². The Morgan fingerprint density at radius 3 is 0.828 bits per heavy atom. The summed E-state index contributed by atoms with van der Waals surface area (Å²) in [5.74, 6) is 0.905. The van der Waals surface area contributed by atoms with Crippen molar-refractivity contribution in [2.75, 3.05) is 111 Å². The average Bonchev–Trinajstić information content (AvgIpc) is 0.863. The monoisotopic (exact) mass is 2260 g/mol. The molecule has 0 spiro atoms. The predicted octanol–water partition coefficient (Wildman–Crippen LogP) is 4.97. The molecule has 0 aliphatic rings. The first-order valence-electron chi connectivity index (χ1n) is 39.8. The van der Waals surface area contributed by atoms with Crippen molar-refractivity contribution in [3.05, 3.63) is 277 Å². The number of phenols is 7. The van der Waals surface area contributed by atoms with Crippen molar-refractivity contribution in [3.63, 3.8) is 0 Å². The van der Waals surface area contributed by atoms with E-state index in [9.17, 15) is 97.9 Å². The number of aromatic amines is 12. The third kappa shape index (κ3) is 28.1. The molecule has 765 valence electrons. The van der Waals surface area contributed by atoms with E-state index in [2.05, 4.69) is 59.8 Å². The number of halogens is 1. The summed E-state index contributed by atoms with van der Waals surface area (Å²) in [4.78, 5) is 193. The number of nitro groups is 2. The zero-order chi connectivity index (χ0) is 106. The van der Waals surface area contributed by atoms with Gasteiger partial charge >= 0.3 is 84.1 Å². The van der Waals surface area contributed by atoms with Crippen molar-refractivity contribution in [1.29, 1.82) is 0 Å². The fourth-order valence-corrected chi connectivity index (χ4v) is 12.3. The normalized spacial score (nSPS) is 10.1. The van der Waals surface area contributed by atoms with Crippen LogP contribution >= 0.6 is 12.4 Å². The number of rotatable bonds is 19. The number of nitrogen functional groups attached to an aromatic ring is 2. The van der Waals surface area contributed by atoms with E-state index in [4.69, 9.17) is 103 Å². The molecule has 1 radical (unpaired) electrons. The van der Waals surface area contributed by atoms with Crippen molar-refractivity contribution >= 4 is 107 Å². The zero-order valence-electron chi connectivity index (χ0n) is 78.1. The summed E-state index contributed by atoms with van der Waals surface area (Å²) in [7, 11) is 20.2. The summed E-state index contributed by atoms with van der Waals surface area (Å²) in [5.41, 5.74) is 4.17. The van der Waals surface area contributed by atoms with Crippen LogP contribution in [0.5, 0.6) is 126 Å². The number of methoxy groups -OCH3 is 14. The molecule has 0 aliphatic heterocycles. The third-order valence-electron chi connectivity index (χ3n) is 19.1. The number of anilines is 2.